The molecule has 3 N–H and O–H groups in total. The molecule has 5 atom stereocenters. The number of aliphatic hydroxyl groups excluding tert-OH is 1. The third kappa shape index (κ3) is 76.6. The molecule has 0 aliphatic carbocycles. The van der Waals surface area contributed by atoms with Gasteiger partial charge in [-0.2, -0.15) is 0 Å². The van der Waals surface area contributed by atoms with E-state index in [1.54, 1.807) is 12.2 Å². The predicted molar refractivity (Wildman–Crippen MR) is 436 cm³/mol. The van der Waals surface area contributed by atoms with E-state index in [-0.39, 0.29) is 25.7 Å². The number of phosphoric acid groups is 2. The Balaban J connectivity index is 5.48. The molecule has 0 radical (unpaired) electrons. The molecule has 0 aromatic carbocycles. The van der Waals surface area contributed by atoms with Crippen molar-refractivity contribution in [1.29, 1.82) is 0 Å². The van der Waals surface area contributed by atoms with Crippen molar-refractivity contribution >= 4 is 39.5 Å². The summed E-state index contributed by atoms with van der Waals surface area (Å²) in [4.78, 5) is 73.0. The van der Waals surface area contributed by atoms with Gasteiger partial charge in [-0.15, -0.1) is 0 Å². The van der Waals surface area contributed by atoms with Crippen molar-refractivity contribution in [1.82, 2.24) is 0 Å². The summed E-state index contributed by atoms with van der Waals surface area (Å²) in [5.74, 6) is -2.41. The third-order valence-electron chi connectivity index (χ3n) is 16.2. The lowest BCUT2D eigenvalue weighted by atomic mass is 10.0. The summed E-state index contributed by atoms with van der Waals surface area (Å²) >= 11 is 0. The Morgan fingerprint density at radius 1 is 0.283 bits per heavy atom. The van der Waals surface area contributed by atoms with Crippen molar-refractivity contribution < 1.29 is 80.2 Å². The maximum atomic E-state index is 13.1. The number of esters is 4. The SMILES string of the molecule is CC/C=C\C/C=C\C/C=C\C/C=C\C/C=C\CCCC(=O)OCC(COP(=O)(O)OCC(O)COP(=O)(O)OCC(COC(=O)CCCCCCCC/C=C\C/C=C\C/C=C\C/C=C\CC)OC(=O)CCCCCCCCCCCCCCCCC)OC(=O)C/C=C\C/C=C\C/C=C\C/C=C\C/C=C\CC. The zero-order valence-corrected chi connectivity index (χ0v) is 67.6. The van der Waals surface area contributed by atoms with E-state index in [0.29, 0.717) is 32.1 Å². The maximum absolute atomic E-state index is 13.1. The van der Waals surface area contributed by atoms with Crippen molar-refractivity contribution in [3.05, 3.63) is 170 Å². The topological polar surface area (TPSA) is 237 Å². The molecule has 0 amide bonds. The fourth-order valence-corrected chi connectivity index (χ4v) is 11.8. The molecule has 0 spiro atoms. The van der Waals surface area contributed by atoms with Gasteiger partial charge in [0.25, 0.3) is 0 Å². The number of hydrogen-bond donors (Lipinski definition) is 3. The van der Waals surface area contributed by atoms with E-state index in [4.69, 9.17) is 37.0 Å². The Hall–Kier alpha value is -5.58. The fraction of sp³-hybridized carbons (Fsp3) is 0.632. The van der Waals surface area contributed by atoms with Gasteiger partial charge in [0.1, 0.15) is 19.3 Å². The number of hydrogen-bond acceptors (Lipinski definition) is 15. The van der Waals surface area contributed by atoms with E-state index in [1.165, 1.54) is 64.2 Å². The molecule has 0 bridgehead atoms. The van der Waals surface area contributed by atoms with E-state index in [9.17, 15) is 43.2 Å². The minimum atomic E-state index is -5.02. The zero-order chi connectivity index (χ0) is 77.4. The average Bonchev–Trinajstić information content (AvgIpc) is 0.928. The first-order valence-electron chi connectivity index (χ1n) is 40.4. The normalized spacial score (nSPS) is 14.7. The van der Waals surface area contributed by atoms with Gasteiger partial charge in [-0.25, -0.2) is 9.13 Å². The number of unbranched alkanes of at least 4 members (excludes halogenated alkanes) is 21. The third-order valence-corrected chi connectivity index (χ3v) is 18.1. The highest BCUT2D eigenvalue weighted by Crippen LogP contribution is 2.45. The number of aliphatic hydroxyl groups is 1. The number of rotatable bonds is 74. The first-order valence-corrected chi connectivity index (χ1v) is 43.4. The second kappa shape index (κ2) is 77.6. The van der Waals surface area contributed by atoms with E-state index in [2.05, 4.69) is 161 Å². The summed E-state index contributed by atoms with van der Waals surface area (Å²) < 4.78 is 68.5. The van der Waals surface area contributed by atoms with Gasteiger partial charge in [0.15, 0.2) is 12.2 Å². The summed E-state index contributed by atoms with van der Waals surface area (Å²) in [6.45, 7) is 4.34. The second-order valence-corrected chi connectivity index (χ2v) is 29.1. The van der Waals surface area contributed by atoms with Crippen LogP contribution in [0.1, 0.15) is 297 Å². The van der Waals surface area contributed by atoms with Gasteiger partial charge in [-0.3, -0.25) is 37.3 Å². The van der Waals surface area contributed by atoms with E-state index in [0.717, 1.165) is 148 Å². The Morgan fingerprint density at radius 3 is 0.877 bits per heavy atom. The van der Waals surface area contributed by atoms with Gasteiger partial charge in [0.2, 0.25) is 0 Å². The standard InChI is InChI=1S/C87H142O17P2/c1-5-9-13-17-21-25-29-33-37-39-40-42-46-48-52-56-60-64-68-72-85(90)98-78-83(104-87(92)74-70-66-62-58-54-50-44-36-32-28-24-20-16-12-8-4)80-102-106(95,96)100-76-81(88)75-99-105(93,94)101-79-82(103-86(91)73-69-65-61-57-53-49-43-35-31-27-23-19-15-11-7-3)77-97-84(89)71-67-63-59-55-51-47-45-41-38-34-30-26-22-18-14-10-6-2/h9-11,13-15,21-23,25-27,33-35,37-38,40,42-43,45,47,53,55,57,59,65,69,81-83,88H,5-8,12,16-20,24,28-32,36,39,41,44,46,48-52,54,56,58,60-64,66-68,70-80H2,1-4H3,(H,93,94)(H,95,96)/b13-9-,14-10-,15-11-,25-21-,26-22-,27-23-,37-33-,38-34-,42-40-,43-35-,47-45-,57-53-,59-55-,69-65-. The Bertz CT molecular complexity index is 2680. The number of ether oxygens (including phenoxy) is 4. The lowest BCUT2D eigenvalue weighted by Crippen LogP contribution is -2.30. The van der Waals surface area contributed by atoms with Gasteiger partial charge in [0.05, 0.1) is 32.8 Å². The van der Waals surface area contributed by atoms with E-state index in [1.807, 2.05) is 24.3 Å². The quantitative estimate of drug-likeness (QED) is 0.0169. The van der Waals surface area contributed by atoms with Crippen LogP contribution in [0.25, 0.3) is 0 Å². The van der Waals surface area contributed by atoms with Crippen LogP contribution in [0.2, 0.25) is 0 Å². The molecule has 5 unspecified atom stereocenters. The maximum Gasteiger partial charge on any atom is 0.472 e. The summed E-state index contributed by atoms with van der Waals surface area (Å²) in [5, 5.41) is 10.6. The number of allylic oxidation sites excluding steroid dienone is 27. The molecule has 0 aliphatic rings. The Kier molecular flexibility index (Phi) is 73.5. The lowest BCUT2D eigenvalue weighted by molar-refractivity contribution is -0.161. The molecule has 0 fully saturated rings. The molecule has 0 aromatic rings. The van der Waals surface area contributed by atoms with Gasteiger partial charge < -0.3 is 33.8 Å². The lowest BCUT2D eigenvalue weighted by Gasteiger charge is -2.21. The molecule has 19 heteroatoms. The molecule has 0 aromatic heterocycles. The van der Waals surface area contributed by atoms with Crippen LogP contribution in [-0.2, 0) is 65.4 Å². The second-order valence-electron chi connectivity index (χ2n) is 26.2. The molecule has 0 heterocycles. The summed E-state index contributed by atoms with van der Waals surface area (Å²) in [7, 11) is -10.0. The molecule has 0 rings (SSSR count). The first-order chi connectivity index (χ1) is 51.7. The monoisotopic (exact) mass is 1520 g/mol. The van der Waals surface area contributed by atoms with Crippen LogP contribution >= 0.6 is 15.6 Å². The average molecular weight is 1520 g/mol. The molecular formula is C87H142O17P2. The van der Waals surface area contributed by atoms with Crippen LogP contribution in [-0.4, -0.2) is 96.7 Å². The van der Waals surface area contributed by atoms with Gasteiger partial charge in [-0.05, 0) is 128 Å². The highest BCUT2D eigenvalue weighted by atomic mass is 31.2. The van der Waals surface area contributed by atoms with Gasteiger partial charge >= 0.3 is 39.5 Å². The van der Waals surface area contributed by atoms with Crippen LogP contribution in [0.15, 0.2) is 170 Å². The van der Waals surface area contributed by atoms with Crippen LogP contribution < -0.4 is 0 Å². The van der Waals surface area contributed by atoms with E-state index < -0.39 is 97.5 Å². The number of carbonyl (C=O) groups is 4. The minimum absolute atomic E-state index is 0.0580. The minimum Gasteiger partial charge on any atom is -0.462 e. The highest BCUT2D eigenvalue weighted by Gasteiger charge is 2.30. The predicted octanol–water partition coefficient (Wildman–Crippen LogP) is 23.8. The van der Waals surface area contributed by atoms with Crippen molar-refractivity contribution in [2.45, 2.75) is 316 Å². The van der Waals surface area contributed by atoms with Crippen molar-refractivity contribution in [3.63, 3.8) is 0 Å². The molecule has 17 nitrogen and oxygen atoms in total. The van der Waals surface area contributed by atoms with Gasteiger partial charge in [-0.1, -0.05) is 313 Å². The Labute approximate surface area is 642 Å². The summed E-state index contributed by atoms with van der Waals surface area (Å²) in [6, 6.07) is 0. The molecule has 0 aliphatic heterocycles. The van der Waals surface area contributed by atoms with Crippen LogP contribution in [0.3, 0.4) is 0 Å². The van der Waals surface area contributed by atoms with Crippen LogP contribution in [0.5, 0.6) is 0 Å². The summed E-state index contributed by atoms with van der Waals surface area (Å²) in [5.41, 5.74) is 0. The first kappa shape index (κ1) is 100. The molecule has 602 valence electrons. The fourth-order valence-electron chi connectivity index (χ4n) is 10.2. The highest BCUT2D eigenvalue weighted by molar-refractivity contribution is 7.47. The van der Waals surface area contributed by atoms with Crippen molar-refractivity contribution in [2.75, 3.05) is 39.6 Å². The Morgan fingerprint density at radius 2 is 0.538 bits per heavy atom. The number of carbonyl (C=O) groups excluding carboxylic acids is 4. The molecule has 0 saturated carbocycles. The summed E-state index contributed by atoms with van der Waals surface area (Å²) in [6.07, 6.45) is 92.3. The van der Waals surface area contributed by atoms with Crippen LogP contribution in [0, 0.1) is 0 Å². The van der Waals surface area contributed by atoms with E-state index >= 15 is 0 Å². The smallest absolute Gasteiger partial charge is 0.462 e. The van der Waals surface area contributed by atoms with Crippen molar-refractivity contribution in [2.24, 2.45) is 0 Å². The largest absolute Gasteiger partial charge is 0.472 e. The van der Waals surface area contributed by atoms with Gasteiger partial charge in [0, 0.05) is 19.3 Å². The van der Waals surface area contributed by atoms with Crippen molar-refractivity contribution in [3.8, 4) is 0 Å². The molecule has 0 saturated heterocycles. The molecular weight excluding hydrogens is 1380 g/mol. The molecule has 106 heavy (non-hydrogen) atoms. The number of phosphoric ester groups is 2. The zero-order valence-electron chi connectivity index (χ0n) is 65.8. The van der Waals surface area contributed by atoms with Crippen LogP contribution in [0.4, 0.5) is 0 Å².